The van der Waals surface area contributed by atoms with Gasteiger partial charge >= 0.3 is 0 Å². The standard InChI is InChI=1S/C15H24N2O/c1-4-11-18-14-8-5-7-13-15(14)16-9-6-10-17(13)12(2)3/h5,7-8,12,16H,4,6,9-11H2,1-3H3. The van der Waals surface area contributed by atoms with E-state index in [2.05, 4.69) is 49.2 Å². The molecule has 0 atom stereocenters. The van der Waals surface area contributed by atoms with Crippen molar-refractivity contribution in [2.24, 2.45) is 0 Å². The van der Waals surface area contributed by atoms with Crippen LogP contribution in [0.3, 0.4) is 0 Å². The van der Waals surface area contributed by atoms with Gasteiger partial charge in [-0.25, -0.2) is 0 Å². The molecule has 2 rings (SSSR count). The average molecular weight is 248 g/mol. The molecule has 0 radical (unpaired) electrons. The van der Waals surface area contributed by atoms with Crippen LogP contribution in [0.5, 0.6) is 5.75 Å². The quantitative estimate of drug-likeness (QED) is 0.882. The van der Waals surface area contributed by atoms with Gasteiger partial charge in [-0.3, -0.25) is 0 Å². The van der Waals surface area contributed by atoms with E-state index in [4.69, 9.17) is 4.74 Å². The lowest BCUT2D eigenvalue weighted by molar-refractivity contribution is 0.319. The van der Waals surface area contributed by atoms with Gasteiger partial charge in [-0.2, -0.15) is 0 Å². The molecule has 18 heavy (non-hydrogen) atoms. The fourth-order valence-corrected chi connectivity index (χ4v) is 2.39. The minimum absolute atomic E-state index is 0.519. The van der Waals surface area contributed by atoms with Gasteiger partial charge in [0.05, 0.1) is 12.3 Å². The number of anilines is 2. The van der Waals surface area contributed by atoms with Gasteiger partial charge in [-0.15, -0.1) is 0 Å². The molecule has 0 saturated heterocycles. The molecule has 0 spiro atoms. The fourth-order valence-electron chi connectivity index (χ4n) is 2.39. The Kier molecular flexibility index (Phi) is 4.34. The molecule has 1 heterocycles. The maximum atomic E-state index is 5.85. The van der Waals surface area contributed by atoms with Crippen molar-refractivity contribution in [1.29, 1.82) is 0 Å². The number of benzene rings is 1. The lowest BCUT2D eigenvalue weighted by Gasteiger charge is -2.29. The van der Waals surface area contributed by atoms with Crippen LogP contribution in [-0.2, 0) is 0 Å². The van der Waals surface area contributed by atoms with Crippen molar-refractivity contribution in [3.05, 3.63) is 18.2 Å². The first-order valence-corrected chi connectivity index (χ1v) is 7.00. The maximum Gasteiger partial charge on any atom is 0.144 e. The van der Waals surface area contributed by atoms with E-state index < -0.39 is 0 Å². The second kappa shape index (κ2) is 5.98. The topological polar surface area (TPSA) is 24.5 Å². The molecule has 0 aliphatic carbocycles. The van der Waals surface area contributed by atoms with Gasteiger partial charge in [-0.05, 0) is 38.8 Å². The molecule has 0 bridgehead atoms. The molecule has 0 amide bonds. The number of fused-ring (bicyclic) bond motifs is 1. The van der Waals surface area contributed by atoms with Crippen molar-refractivity contribution >= 4 is 11.4 Å². The third-order valence-electron chi connectivity index (χ3n) is 3.28. The molecule has 1 aliphatic heterocycles. The van der Waals surface area contributed by atoms with Crippen LogP contribution in [0, 0.1) is 0 Å². The summed E-state index contributed by atoms with van der Waals surface area (Å²) < 4.78 is 5.85. The second-order valence-corrected chi connectivity index (χ2v) is 5.07. The summed E-state index contributed by atoms with van der Waals surface area (Å²) in [6, 6.07) is 6.86. The normalized spacial score (nSPS) is 15.0. The Bertz CT molecular complexity index is 390. The van der Waals surface area contributed by atoms with Crippen molar-refractivity contribution in [2.75, 3.05) is 29.9 Å². The highest BCUT2D eigenvalue weighted by atomic mass is 16.5. The Labute approximate surface area is 110 Å². The predicted octanol–water partition coefficient (Wildman–Crippen LogP) is 3.51. The highest BCUT2D eigenvalue weighted by Gasteiger charge is 2.20. The van der Waals surface area contributed by atoms with Gasteiger partial charge in [0.15, 0.2) is 0 Å². The van der Waals surface area contributed by atoms with Gasteiger partial charge in [0.2, 0.25) is 0 Å². The van der Waals surface area contributed by atoms with Gasteiger partial charge in [0.25, 0.3) is 0 Å². The van der Waals surface area contributed by atoms with Crippen LogP contribution in [0.25, 0.3) is 0 Å². The first-order valence-electron chi connectivity index (χ1n) is 7.00. The molecular formula is C15H24N2O. The van der Waals surface area contributed by atoms with E-state index in [1.807, 2.05) is 0 Å². The Morgan fingerprint density at radius 3 is 2.94 bits per heavy atom. The molecule has 3 heteroatoms. The van der Waals surface area contributed by atoms with E-state index in [0.717, 1.165) is 37.6 Å². The molecule has 0 saturated carbocycles. The van der Waals surface area contributed by atoms with E-state index >= 15 is 0 Å². The molecule has 0 aromatic heterocycles. The van der Waals surface area contributed by atoms with Crippen molar-refractivity contribution in [1.82, 2.24) is 0 Å². The number of hydrogen-bond acceptors (Lipinski definition) is 3. The Morgan fingerprint density at radius 1 is 1.39 bits per heavy atom. The van der Waals surface area contributed by atoms with Gasteiger partial charge in [0, 0.05) is 19.1 Å². The predicted molar refractivity (Wildman–Crippen MR) is 77.8 cm³/mol. The fraction of sp³-hybridized carbons (Fsp3) is 0.600. The maximum absolute atomic E-state index is 5.85. The summed E-state index contributed by atoms with van der Waals surface area (Å²) in [4.78, 5) is 2.45. The lowest BCUT2D eigenvalue weighted by atomic mass is 10.2. The zero-order chi connectivity index (χ0) is 13.0. The zero-order valence-electron chi connectivity index (χ0n) is 11.7. The number of nitrogens with zero attached hydrogens (tertiary/aromatic N) is 1. The van der Waals surface area contributed by atoms with Gasteiger partial charge in [0.1, 0.15) is 11.4 Å². The molecule has 100 valence electrons. The van der Waals surface area contributed by atoms with Crippen LogP contribution in [0.4, 0.5) is 11.4 Å². The molecule has 1 aromatic rings. The third-order valence-corrected chi connectivity index (χ3v) is 3.28. The highest BCUT2D eigenvalue weighted by Crippen LogP contribution is 2.37. The summed E-state index contributed by atoms with van der Waals surface area (Å²) >= 11 is 0. The van der Waals surface area contributed by atoms with Crippen molar-refractivity contribution in [2.45, 2.75) is 39.7 Å². The lowest BCUT2D eigenvalue weighted by Crippen LogP contribution is -2.31. The first kappa shape index (κ1) is 13.1. The van der Waals surface area contributed by atoms with Crippen molar-refractivity contribution < 1.29 is 4.74 Å². The average Bonchev–Trinajstić information content (AvgIpc) is 2.58. The van der Waals surface area contributed by atoms with E-state index in [-0.39, 0.29) is 0 Å². The summed E-state index contributed by atoms with van der Waals surface area (Å²) in [6.45, 7) is 9.52. The number of rotatable bonds is 4. The molecule has 1 aliphatic rings. The third kappa shape index (κ3) is 2.71. The van der Waals surface area contributed by atoms with Crippen LogP contribution >= 0.6 is 0 Å². The van der Waals surface area contributed by atoms with Crippen molar-refractivity contribution in [3.63, 3.8) is 0 Å². The highest BCUT2D eigenvalue weighted by molar-refractivity contribution is 5.77. The monoisotopic (exact) mass is 248 g/mol. The molecular weight excluding hydrogens is 224 g/mol. The minimum atomic E-state index is 0.519. The molecule has 0 unspecified atom stereocenters. The Hall–Kier alpha value is -1.38. The Balaban J connectivity index is 2.33. The summed E-state index contributed by atoms with van der Waals surface area (Å²) in [6.07, 6.45) is 2.21. The summed E-state index contributed by atoms with van der Waals surface area (Å²) in [5.41, 5.74) is 2.44. The van der Waals surface area contributed by atoms with Crippen LogP contribution in [-0.4, -0.2) is 25.7 Å². The molecule has 0 fully saturated rings. The SMILES string of the molecule is CCCOc1cccc2c1NCCCN2C(C)C. The molecule has 3 nitrogen and oxygen atoms in total. The van der Waals surface area contributed by atoms with Crippen LogP contribution in [0.15, 0.2) is 18.2 Å². The largest absolute Gasteiger partial charge is 0.491 e. The second-order valence-electron chi connectivity index (χ2n) is 5.07. The smallest absolute Gasteiger partial charge is 0.144 e. The summed E-state index contributed by atoms with van der Waals surface area (Å²) in [7, 11) is 0. The van der Waals surface area contributed by atoms with Gasteiger partial charge < -0.3 is 15.0 Å². The number of ether oxygens (including phenoxy) is 1. The van der Waals surface area contributed by atoms with E-state index in [9.17, 15) is 0 Å². The van der Waals surface area contributed by atoms with Crippen molar-refractivity contribution in [3.8, 4) is 5.75 Å². The van der Waals surface area contributed by atoms with Crippen LogP contribution in [0.1, 0.15) is 33.6 Å². The Morgan fingerprint density at radius 2 is 2.22 bits per heavy atom. The first-order chi connectivity index (χ1) is 8.74. The van der Waals surface area contributed by atoms with Gasteiger partial charge in [-0.1, -0.05) is 13.0 Å². The minimum Gasteiger partial charge on any atom is -0.491 e. The number of para-hydroxylation sites is 1. The molecule has 1 N–H and O–H groups in total. The summed E-state index contributed by atoms with van der Waals surface area (Å²) in [5, 5.41) is 3.52. The zero-order valence-corrected chi connectivity index (χ0v) is 11.7. The van der Waals surface area contributed by atoms with Crippen LogP contribution in [0.2, 0.25) is 0 Å². The number of nitrogens with one attached hydrogen (secondary N) is 1. The summed E-state index contributed by atoms with van der Waals surface area (Å²) in [5.74, 6) is 0.988. The molecule has 1 aromatic carbocycles. The van der Waals surface area contributed by atoms with E-state index in [1.54, 1.807) is 0 Å². The van der Waals surface area contributed by atoms with E-state index in [0.29, 0.717) is 6.04 Å². The number of hydrogen-bond donors (Lipinski definition) is 1. The van der Waals surface area contributed by atoms with Crippen LogP contribution < -0.4 is 15.0 Å². The van der Waals surface area contributed by atoms with E-state index in [1.165, 1.54) is 12.1 Å².